The van der Waals surface area contributed by atoms with Crippen LogP contribution >= 0.6 is 0 Å². The molecule has 0 aromatic heterocycles. The maximum atomic E-state index is 11.7. The number of methoxy groups -OCH3 is 1. The number of rotatable bonds is 19. The zero-order chi connectivity index (χ0) is 25.8. The third kappa shape index (κ3) is 25.1. The predicted octanol–water partition coefficient (Wildman–Crippen LogP) is 5.85. The molecule has 6 nitrogen and oxygen atoms in total. The first kappa shape index (κ1) is 31.6. The van der Waals surface area contributed by atoms with Crippen molar-refractivity contribution in [3.05, 3.63) is 85.1 Å². The Morgan fingerprint density at radius 2 is 1.11 bits per heavy atom. The maximum absolute atomic E-state index is 11.7. The van der Waals surface area contributed by atoms with E-state index in [2.05, 4.69) is 77.7 Å². The zero-order valence-corrected chi connectivity index (χ0v) is 21.2. The molecule has 0 saturated heterocycles. The molecule has 0 fully saturated rings. The van der Waals surface area contributed by atoms with Gasteiger partial charge in [0.05, 0.1) is 13.7 Å². The molecular formula is C29H41NO5. The average molecular weight is 484 g/mol. The van der Waals surface area contributed by atoms with Crippen molar-refractivity contribution in [3.63, 3.8) is 0 Å². The third-order valence-electron chi connectivity index (χ3n) is 4.36. The van der Waals surface area contributed by atoms with Crippen LogP contribution in [-0.2, 0) is 23.9 Å². The van der Waals surface area contributed by atoms with Crippen LogP contribution < -0.4 is 5.32 Å². The number of carbonyl (C=O) groups is 3. The van der Waals surface area contributed by atoms with Gasteiger partial charge in [0.15, 0.2) is 0 Å². The van der Waals surface area contributed by atoms with Crippen LogP contribution in [0.4, 0.5) is 0 Å². The van der Waals surface area contributed by atoms with Crippen molar-refractivity contribution in [1.29, 1.82) is 0 Å². The van der Waals surface area contributed by atoms with Crippen molar-refractivity contribution in [2.24, 2.45) is 0 Å². The highest BCUT2D eigenvalue weighted by Gasteiger charge is 2.01. The molecule has 0 atom stereocenters. The highest BCUT2D eigenvalue weighted by atomic mass is 16.5. The van der Waals surface area contributed by atoms with E-state index < -0.39 is 11.9 Å². The molecule has 0 aromatic rings. The van der Waals surface area contributed by atoms with Crippen molar-refractivity contribution >= 4 is 17.8 Å². The van der Waals surface area contributed by atoms with E-state index in [0.717, 1.165) is 50.7 Å². The minimum Gasteiger partial charge on any atom is -0.466 e. The van der Waals surface area contributed by atoms with Gasteiger partial charge in [0.2, 0.25) is 5.91 Å². The number of hydrogen-bond donors (Lipinski definition) is 1. The second-order valence-corrected chi connectivity index (χ2v) is 7.33. The second-order valence-electron chi connectivity index (χ2n) is 7.33. The summed E-state index contributed by atoms with van der Waals surface area (Å²) in [7, 11) is 1.22. The Morgan fingerprint density at radius 1 is 0.657 bits per heavy atom. The summed E-state index contributed by atoms with van der Waals surface area (Å²) in [5.41, 5.74) is 0. The van der Waals surface area contributed by atoms with Crippen molar-refractivity contribution in [2.45, 2.75) is 58.3 Å². The van der Waals surface area contributed by atoms with Gasteiger partial charge in [-0.1, -0.05) is 79.8 Å². The molecule has 0 aromatic carbocycles. The lowest BCUT2D eigenvalue weighted by molar-refractivity contribution is -0.139. The number of carbonyl (C=O) groups excluding carboxylic acids is 3. The molecule has 0 aliphatic carbocycles. The molecule has 0 heterocycles. The SMILES string of the molecule is CCC=CCC=CCC=CCC=CCC=CCC=CCCC(=O)NCCOC(=O)C=CC(=O)OC. The van der Waals surface area contributed by atoms with Crippen molar-refractivity contribution in [1.82, 2.24) is 5.32 Å². The Balaban J connectivity index is 3.66. The quantitative estimate of drug-likeness (QED) is 0.108. The fourth-order valence-corrected chi connectivity index (χ4v) is 2.54. The van der Waals surface area contributed by atoms with Crippen LogP contribution in [0.2, 0.25) is 0 Å². The van der Waals surface area contributed by atoms with Crippen LogP contribution in [0.3, 0.4) is 0 Å². The van der Waals surface area contributed by atoms with Crippen LogP contribution in [-0.4, -0.2) is 38.1 Å². The van der Waals surface area contributed by atoms with Crippen LogP contribution in [0, 0.1) is 0 Å². The monoisotopic (exact) mass is 483 g/mol. The smallest absolute Gasteiger partial charge is 0.331 e. The van der Waals surface area contributed by atoms with E-state index in [-0.39, 0.29) is 19.1 Å². The largest absolute Gasteiger partial charge is 0.466 e. The molecule has 6 heteroatoms. The number of amides is 1. The minimum absolute atomic E-state index is 0.0377. The first-order valence-corrected chi connectivity index (χ1v) is 12.2. The number of hydrogen-bond acceptors (Lipinski definition) is 5. The highest BCUT2D eigenvalue weighted by Crippen LogP contribution is 1.98. The molecule has 0 radical (unpaired) electrons. The Labute approximate surface area is 210 Å². The molecule has 0 aliphatic rings. The summed E-state index contributed by atoms with van der Waals surface area (Å²) in [4.78, 5) is 33.9. The van der Waals surface area contributed by atoms with Gasteiger partial charge in [0.25, 0.3) is 0 Å². The summed E-state index contributed by atoms with van der Waals surface area (Å²) in [5.74, 6) is -1.40. The molecule has 1 amide bonds. The molecule has 0 bridgehead atoms. The van der Waals surface area contributed by atoms with E-state index in [9.17, 15) is 14.4 Å². The zero-order valence-electron chi connectivity index (χ0n) is 21.2. The molecule has 192 valence electrons. The summed E-state index contributed by atoms with van der Waals surface area (Å²) >= 11 is 0. The molecule has 35 heavy (non-hydrogen) atoms. The van der Waals surface area contributed by atoms with E-state index >= 15 is 0 Å². The first-order valence-electron chi connectivity index (χ1n) is 12.2. The van der Waals surface area contributed by atoms with Crippen LogP contribution in [0.5, 0.6) is 0 Å². The van der Waals surface area contributed by atoms with Crippen molar-refractivity contribution in [2.75, 3.05) is 20.3 Å². The summed E-state index contributed by atoms with van der Waals surface area (Å²) in [6.07, 6.45) is 34.5. The van der Waals surface area contributed by atoms with Crippen LogP contribution in [0.15, 0.2) is 85.1 Å². The maximum Gasteiger partial charge on any atom is 0.331 e. The van der Waals surface area contributed by atoms with Gasteiger partial charge in [0, 0.05) is 18.6 Å². The normalized spacial score (nSPS) is 12.4. The van der Waals surface area contributed by atoms with E-state index in [1.807, 2.05) is 12.2 Å². The minimum atomic E-state index is -0.664. The first-order chi connectivity index (χ1) is 17.1. The number of nitrogens with one attached hydrogen (secondary N) is 1. The number of ether oxygens (including phenoxy) is 2. The van der Waals surface area contributed by atoms with E-state index in [1.165, 1.54) is 7.11 Å². The van der Waals surface area contributed by atoms with Gasteiger partial charge in [-0.2, -0.15) is 0 Å². The summed E-state index contributed by atoms with van der Waals surface area (Å²) < 4.78 is 9.21. The van der Waals surface area contributed by atoms with Gasteiger partial charge in [-0.05, 0) is 44.9 Å². The van der Waals surface area contributed by atoms with E-state index in [4.69, 9.17) is 4.74 Å². The molecule has 0 unspecified atom stereocenters. The molecule has 0 spiro atoms. The van der Waals surface area contributed by atoms with Gasteiger partial charge in [-0.3, -0.25) is 4.79 Å². The van der Waals surface area contributed by atoms with Crippen LogP contribution in [0.25, 0.3) is 0 Å². The standard InChI is InChI=1S/C29H41NO5/c1-3-4-5-6-7-8-9-10-11-12-13-14-15-16-17-18-19-20-21-22-27(31)30-25-26-35-29(33)24-23-28(32)34-2/h4-5,7-8,10-11,13-14,16-17,19-20,23-24H,3,6,9,12,15,18,21-22,25-26H2,1-2H3,(H,30,31). The van der Waals surface area contributed by atoms with Crippen molar-refractivity contribution in [3.8, 4) is 0 Å². The fraction of sp³-hybridized carbons (Fsp3) is 0.414. The lowest BCUT2D eigenvalue weighted by Crippen LogP contribution is -2.27. The summed E-state index contributed by atoms with van der Waals surface area (Å²) in [5, 5.41) is 2.68. The lowest BCUT2D eigenvalue weighted by atomic mass is 10.2. The van der Waals surface area contributed by atoms with Gasteiger partial charge in [-0.15, -0.1) is 0 Å². The second kappa shape index (κ2) is 25.2. The fourth-order valence-electron chi connectivity index (χ4n) is 2.54. The Kier molecular flexibility index (Phi) is 22.8. The molecule has 0 saturated carbocycles. The number of esters is 2. The molecular weight excluding hydrogens is 442 g/mol. The molecule has 0 aliphatic heterocycles. The van der Waals surface area contributed by atoms with E-state index in [1.54, 1.807) is 0 Å². The number of allylic oxidation sites excluding steroid dienone is 12. The predicted molar refractivity (Wildman–Crippen MR) is 143 cm³/mol. The van der Waals surface area contributed by atoms with Gasteiger partial charge in [0.1, 0.15) is 6.61 Å². The van der Waals surface area contributed by atoms with Crippen LogP contribution in [0.1, 0.15) is 58.3 Å². The van der Waals surface area contributed by atoms with Gasteiger partial charge in [-0.25, -0.2) is 9.59 Å². The summed E-state index contributed by atoms with van der Waals surface area (Å²) in [6.45, 7) is 2.40. The van der Waals surface area contributed by atoms with Crippen molar-refractivity contribution < 1.29 is 23.9 Å². The third-order valence-corrected chi connectivity index (χ3v) is 4.36. The Hall–Kier alpha value is -3.41. The Bertz CT molecular complexity index is 785. The molecule has 1 N–H and O–H groups in total. The average Bonchev–Trinajstić information content (AvgIpc) is 2.86. The Morgan fingerprint density at radius 3 is 1.60 bits per heavy atom. The lowest BCUT2D eigenvalue weighted by Gasteiger charge is -2.04. The van der Waals surface area contributed by atoms with Gasteiger partial charge < -0.3 is 14.8 Å². The highest BCUT2D eigenvalue weighted by molar-refractivity contribution is 5.91. The van der Waals surface area contributed by atoms with E-state index in [0.29, 0.717) is 12.8 Å². The molecule has 0 rings (SSSR count). The van der Waals surface area contributed by atoms with Gasteiger partial charge >= 0.3 is 11.9 Å². The summed E-state index contributed by atoms with van der Waals surface area (Å²) in [6, 6.07) is 0. The topological polar surface area (TPSA) is 81.7 Å².